The standard InChI is InChI=1S/C18H17NO3/c1-13(2)18(21)22-12-14-8-9-17(20)15(10-14)11-19-16-6-4-3-5-7-16/h3-11,20H,1,12H2,2H3/b19-11+. The van der Waals surface area contributed by atoms with Crippen molar-refractivity contribution in [2.75, 3.05) is 0 Å². The number of phenols is 1. The van der Waals surface area contributed by atoms with Gasteiger partial charge in [0.2, 0.25) is 0 Å². The molecule has 0 atom stereocenters. The third-order valence-corrected chi connectivity index (χ3v) is 2.92. The van der Waals surface area contributed by atoms with Gasteiger partial charge >= 0.3 is 5.97 Å². The predicted molar refractivity (Wildman–Crippen MR) is 86.4 cm³/mol. The number of benzene rings is 2. The number of rotatable bonds is 5. The summed E-state index contributed by atoms with van der Waals surface area (Å²) in [5.74, 6) is -0.317. The maximum Gasteiger partial charge on any atom is 0.333 e. The van der Waals surface area contributed by atoms with Crippen LogP contribution in [0.3, 0.4) is 0 Å². The summed E-state index contributed by atoms with van der Waals surface area (Å²) in [5, 5.41) is 9.87. The minimum atomic E-state index is -0.437. The van der Waals surface area contributed by atoms with Crippen molar-refractivity contribution in [3.63, 3.8) is 0 Å². The fourth-order valence-corrected chi connectivity index (χ4v) is 1.73. The number of carbonyl (C=O) groups is 1. The zero-order chi connectivity index (χ0) is 15.9. The Morgan fingerprint density at radius 2 is 2.00 bits per heavy atom. The molecule has 2 aromatic rings. The van der Waals surface area contributed by atoms with E-state index in [4.69, 9.17) is 4.74 Å². The van der Waals surface area contributed by atoms with E-state index in [-0.39, 0.29) is 12.4 Å². The average molecular weight is 295 g/mol. The van der Waals surface area contributed by atoms with Crippen LogP contribution in [0.2, 0.25) is 0 Å². The van der Waals surface area contributed by atoms with Crippen LogP contribution in [-0.4, -0.2) is 17.3 Å². The second-order valence-electron chi connectivity index (χ2n) is 4.84. The zero-order valence-electron chi connectivity index (χ0n) is 12.3. The predicted octanol–water partition coefficient (Wildman–Crippen LogP) is 3.76. The first-order chi connectivity index (χ1) is 10.6. The summed E-state index contributed by atoms with van der Waals surface area (Å²) in [5.41, 5.74) is 2.47. The van der Waals surface area contributed by atoms with Gasteiger partial charge < -0.3 is 9.84 Å². The van der Waals surface area contributed by atoms with E-state index in [9.17, 15) is 9.90 Å². The minimum Gasteiger partial charge on any atom is -0.507 e. The molecule has 4 nitrogen and oxygen atoms in total. The summed E-state index contributed by atoms with van der Waals surface area (Å²) in [6, 6.07) is 14.4. The lowest BCUT2D eigenvalue weighted by molar-refractivity contribution is -0.140. The van der Waals surface area contributed by atoms with E-state index in [0.29, 0.717) is 11.1 Å². The van der Waals surface area contributed by atoms with Gasteiger partial charge in [-0.15, -0.1) is 0 Å². The number of hydrogen-bond donors (Lipinski definition) is 1. The van der Waals surface area contributed by atoms with Gasteiger partial charge in [-0.1, -0.05) is 30.8 Å². The van der Waals surface area contributed by atoms with Crippen LogP contribution in [0.1, 0.15) is 18.1 Å². The topological polar surface area (TPSA) is 58.9 Å². The van der Waals surface area contributed by atoms with Gasteiger partial charge in [-0.3, -0.25) is 4.99 Å². The van der Waals surface area contributed by atoms with Crippen LogP contribution in [0.5, 0.6) is 5.75 Å². The van der Waals surface area contributed by atoms with Gasteiger partial charge in [0.1, 0.15) is 12.4 Å². The van der Waals surface area contributed by atoms with Crippen molar-refractivity contribution in [3.8, 4) is 5.75 Å². The molecular weight excluding hydrogens is 278 g/mol. The van der Waals surface area contributed by atoms with Crippen molar-refractivity contribution in [2.24, 2.45) is 4.99 Å². The Morgan fingerprint density at radius 1 is 1.27 bits per heavy atom. The quantitative estimate of drug-likeness (QED) is 0.519. The molecule has 0 heterocycles. The molecular formula is C18H17NO3. The van der Waals surface area contributed by atoms with Crippen molar-refractivity contribution in [3.05, 3.63) is 71.8 Å². The summed E-state index contributed by atoms with van der Waals surface area (Å²) in [7, 11) is 0. The molecule has 112 valence electrons. The van der Waals surface area contributed by atoms with E-state index in [1.807, 2.05) is 30.3 Å². The number of para-hydroxylation sites is 1. The summed E-state index contributed by atoms with van der Waals surface area (Å²) in [4.78, 5) is 15.7. The number of esters is 1. The van der Waals surface area contributed by atoms with Crippen LogP contribution in [0.25, 0.3) is 0 Å². The van der Waals surface area contributed by atoms with E-state index in [0.717, 1.165) is 11.3 Å². The number of ether oxygens (including phenoxy) is 1. The van der Waals surface area contributed by atoms with Crippen LogP contribution in [0, 0.1) is 0 Å². The molecule has 0 spiro atoms. The Bertz CT molecular complexity index is 706. The first-order valence-corrected chi connectivity index (χ1v) is 6.80. The van der Waals surface area contributed by atoms with Crippen molar-refractivity contribution in [1.29, 1.82) is 0 Å². The molecule has 1 N–H and O–H groups in total. The van der Waals surface area contributed by atoms with Gasteiger partial charge in [-0.2, -0.15) is 0 Å². The van der Waals surface area contributed by atoms with Gasteiger partial charge in [-0.05, 0) is 36.8 Å². The van der Waals surface area contributed by atoms with Gasteiger partial charge in [-0.25, -0.2) is 4.79 Å². The molecule has 0 saturated heterocycles. The van der Waals surface area contributed by atoms with E-state index in [2.05, 4.69) is 11.6 Å². The molecule has 0 bridgehead atoms. The van der Waals surface area contributed by atoms with E-state index < -0.39 is 5.97 Å². The lowest BCUT2D eigenvalue weighted by atomic mass is 10.1. The molecule has 22 heavy (non-hydrogen) atoms. The third-order valence-electron chi connectivity index (χ3n) is 2.92. The van der Waals surface area contributed by atoms with Crippen LogP contribution in [0.15, 0.2) is 65.7 Å². The van der Waals surface area contributed by atoms with Gasteiger partial charge in [0.15, 0.2) is 0 Å². The molecule has 0 amide bonds. The largest absolute Gasteiger partial charge is 0.507 e. The molecule has 2 rings (SSSR count). The van der Waals surface area contributed by atoms with Crippen LogP contribution in [0.4, 0.5) is 5.69 Å². The van der Waals surface area contributed by atoms with Crippen molar-refractivity contribution in [1.82, 2.24) is 0 Å². The highest BCUT2D eigenvalue weighted by atomic mass is 16.5. The van der Waals surface area contributed by atoms with Gasteiger partial charge in [0, 0.05) is 17.4 Å². The molecule has 2 aromatic carbocycles. The SMILES string of the molecule is C=C(C)C(=O)OCc1ccc(O)c(/C=N/c2ccccc2)c1. The molecule has 4 heteroatoms. The molecule has 0 saturated carbocycles. The minimum absolute atomic E-state index is 0.120. The number of aromatic hydroxyl groups is 1. The Labute approximate surface area is 129 Å². The van der Waals surface area contributed by atoms with Crippen LogP contribution < -0.4 is 0 Å². The van der Waals surface area contributed by atoms with Gasteiger partial charge in [0.25, 0.3) is 0 Å². The molecule has 0 aromatic heterocycles. The van der Waals surface area contributed by atoms with Gasteiger partial charge in [0.05, 0.1) is 5.69 Å². The summed E-state index contributed by atoms with van der Waals surface area (Å²) in [6.45, 7) is 5.24. The normalized spacial score (nSPS) is 10.6. The zero-order valence-corrected chi connectivity index (χ0v) is 12.3. The molecule has 0 unspecified atom stereocenters. The van der Waals surface area contributed by atoms with Crippen molar-refractivity contribution >= 4 is 17.9 Å². The Balaban J connectivity index is 2.11. The smallest absolute Gasteiger partial charge is 0.333 e. The molecule has 0 aliphatic carbocycles. The van der Waals surface area contributed by atoms with Crippen LogP contribution in [-0.2, 0) is 16.1 Å². The summed E-state index contributed by atoms with van der Waals surface area (Å²) in [6.07, 6.45) is 1.58. The van der Waals surface area contributed by atoms with E-state index >= 15 is 0 Å². The Morgan fingerprint density at radius 3 is 2.68 bits per heavy atom. The van der Waals surface area contributed by atoms with Crippen molar-refractivity contribution in [2.45, 2.75) is 13.5 Å². The average Bonchev–Trinajstić information content (AvgIpc) is 2.53. The summed E-state index contributed by atoms with van der Waals surface area (Å²) >= 11 is 0. The number of phenolic OH excluding ortho intramolecular Hbond substituents is 1. The fraction of sp³-hybridized carbons (Fsp3) is 0.111. The van der Waals surface area contributed by atoms with Crippen LogP contribution >= 0.6 is 0 Å². The number of hydrogen-bond acceptors (Lipinski definition) is 4. The first-order valence-electron chi connectivity index (χ1n) is 6.80. The highest BCUT2D eigenvalue weighted by molar-refractivity contribution is 5.87. The lowest BCUT2D eigenvalue weighted by Gasteiger charge is -2.06. The number of carbonyl (C=O) groups excluding carboxylic acids is 1. The second-order valence-corrected chi connectivity index (χ2v) is 4.84. The maximum atomic E-state index is 11.4. The Kier molecular flexibility index (Phi) is 5.09. The van der Waals surface area contributed by atoms with E-state index in [1.165, 1.54) is 0 Å². The fourth-order valence-electron chi connectivity index (χ4n) is 1.73. The monoisotopic (exact) mass is 295 g/mol. The molecule has 0 aliphatic rings. The molecule has 0 aliphatic heterocycles. The third kappa shape index (κ3) is 4.31. The summed E-state index contributed by atoms with van der Waals surface area (Å²) < 4.78 is 5.08. The van der Waals surface area contributed by atoms with E-state index in [1.54, 1.807) is 31.3 Å². The second kappa shape index (κ2) is 7.22. The lowest BCUT2D eigenvalue weighted by Crippen LogP contribution is -2.05. The highest BCUT2D eigenvalue weighted by Gasteiger charge is 2.05. The maximum absolute atomic E-state index is 11.4. The molecule has 0 radical (unpaired) electrons. The first kappa shape index (κ1) is 15.5. The highest BCUT2D eigenvalue weighted by Crippen LogP contribution is 2.19. The Hall–Kier alpha value is -2.88. The molecule has 0 fully saturated rings. The van der Waals surface area contributed by atoms with Crippen molar-refractivity contribution < 1.29 is 14.6 Å². The number of aliphatic imine (C=N–C) groups is 1. The number of nitrogens with zero attached hydrogens (tertiary/aromatic N) is 1.